The molecule has 1 aliphatic rings. The monoisotopic (exact) mass is 415 g/mol. The van der Waals surface area contributed by atoms with Crippen LogP contribution in [-0.4, -0.2) is 43.6 Å². The van der Waals surface area contributed by atoms with Crippen LogP contribution in [0.25, 0.3) is 0 Å². The van der Waals surface area contributed by atoms with Gasteiger partial charge in [0.05, 0.1) is 12.7 Å². The van der Waals surface area contributed by atoms with Crippen LogP contribution >= 0.6 is 0 Å². The minimum Gasteiger partial charge on any atom is -0.493 e. The van der Waals surface area contributed by atoms with Crippen LogP contribution in [-0.2, 0) is 0 Å². The molecule has 0 aliphatic heterocycles. The van der Waals surface area contributed by atoms with Gasteiger partial charge in [0.1, 0.15) is 5.75 Å². The van der Waals surface area contributed by atoms with Gasteiger partial charge in [0.2, 0.25) is 0 Å². The first-order chi connectivity index (χ1) is 14.8. The molecule has 6 nitrogen and oxygen atoms in total. The van der Waals surface area contributed by atoms with Gasteiger partial charge in [0.25, 0.3) is 5.91 Å². The molecule has 0 aromatic heterocycles. The summed E-state index contributed by atoms with van der Waals surface area (Å²) >= 11 is 0. The van der Waals surface area contributed by atoms with E-state index in [4.69, 9.17) is 9.47 Å². The molecule has 0 bridgehead atoms. The fourth-order valence-corrected chi connectivity index (χ4v) is 3.76. The average Bonchev–Trinajstić information content (AvgIpc) is 2.78. The highest BCUT2D eigenvalue weighted by atomic mass is 16.5. The molecule has 0 saturated heterocycles. The van der Waals surface area contributed by atoms with Gasteiger partial charge in [-0.2, -0.15) is 0 Å². The van der Waals surface area contributed by atoms with E-state index in [1.165, 1.54) is 18.1 Å². The van der Waals surface area contributed by atoms with Crippen molar-refractivity contribution in [3.8, 4) is 17.2 Å². The number of ketones is 2. The zero-order chi connectivity index (χ0) is 22.3. The minimum atomic E-state index is -0.387. The maximum Gasteiger partial charge on any atom is 0.254 e. The summed E-state index contributed by atoms with van der Waals surface area (Å²) in [4.78, 5) is 41.1. The summed E-state index contributed by atoms with van der Waals surface area (Å²) in [6.45, 7) is 1.71. The van der Waals surface area contributed by atoms with Crippen LogP contribution in [0.3, 0.4) is 0 Å². The number of para-hydroxylation sites is 2. The molecule has 0 fully saturated rings. The molecule has 0 N–H and O–H groups in total. The first-order valence-corrected chi connectivity index (χ1v) is 9.73. The van der Waals surface area contributed by atoms with Gasteiger partial charge < -0.3 is 14.4 Å². The van der Waals surface area contributed by atoms with Crippen molar-refractivity contribution in [1.29, 1.82) is 0 Å². The molecule has 31 heavy (non-hydrogen) atoms. The number of amides is 1. The van der Waals surface area contributed by atoms with E-state index in [1.807, 2.05) is 6.07 Å². The van der Waals surface area contributed by atoms with Crippen LogP contribution in [0, 0.1) is 6.92 Å². The Kier molecular flexibility index (Phi) is 5.07. The normalized spacial score (nSPS) is 12.1. The molecule has 3 aromatic carbocycles. The fraction of sp³-hybridized carbons (Fsp3) is 0.160. The van der Waals surface area contributed by atoms with Crippen LogP contribution in [0.15, 0.2) is 54.6 Å². The molecule has 156 valence electrons. The lowest BCUT2D eigenvalue weighted by Crippen LogP contribution is -2.29. The molecule has 4 rings (SSSR count). The predicted octanol–water partition coefficient (Wildman–Crippen LogP) is 4.27. The molecule has 0 radical (unpaired) electrons. The number of hydrogen-bond acceptors (Lipinski definition) is 5. The highest BCUT2D eigenvalue weighted by Crippen LogP contribution is 2.39. The SMILES string of the molecule is COc1ccccc1Oc1cc(C(=O)N(C)C)c2c(c1C)C(=O)c1ccccc1C2=O. The van der Waals surface area contributed by atoms with Crippen LogP contribution in [0.5, 0.6) is 17.2 Å². The number of carbonyl (C=O) groups excluding carboxylic acids is 3. The van der Waals surface area contributed by atoms with Crippen molar-refractivity contribution in [3.63, 3.8) is 0 Å². The van der Waals surface area contributed by atoms with E-state index >= 15 is 0 Å². The predicted molar refractivity (Wildman–Crippen MR) is 116 cm³/mol. The number of nitrogens with zero attached hydrogens (tertiary/aromatic N) is 1. The number of carbonyl (C=O) groups is 3. The van der Waals surface area contributed by atoms with Crippen molar-refractivity contribution in [3.05, 3.63) is 88.0 Å². The van der Waals surface area contributed by atoms with Gasteiger partial charge in [-0.1, -0.05) is 36.4 Å². The van der Waals surface area contributed by atoms with Crippen molar-refractivity contribution in [2.75, 3.05) is 21.2 Å². The summed E-state index contributed by atoms with van der Waals surface area (Å²) in [5.41, 5.74) is 1.55. The molecule has 0 saturated carbocycles. The molecule has 3 aromatic rings. The van der Waals surface area contributed by atoms with E-state index in [0.717, 1.165) is 0 Å². The summed E-state index contributed by atoms with van der Waals surface area (Å²) in [6.07, 6.45) is 0. The lowest BCUT2D eigenvalue weighted by Gasteiger charge is -2.25. The van der Waals surface area contributed by atoms with E-state index < -0.39 is 0 Å². The second kappa shape index (κ2) is 7.72. The van der Waals surface area contributed by atoms with E-state index in [0.29, 0.717) is 33.9 Å². The van der Waals surface area contributed by atoms with Gasteiger partial charge in [-0.3, -0.25) is 14.4 Å². The summed E-state index contributed by atoms with van der Waals surface area (Å²) < 4.78 is 11.4. The van der Waals surface area contributed by atoms with Gasteiger partial charge in [-0.05, 0) is 25.1 Å². The summed E-state index contributed by atoms with van der Waals surface area (Å²) in [6, 6.07) is 15.3. The Morgan fingerprint density at radius 1 is 0.806 bits per heavy atom. The van der Waals surface area contributed by atoms with Crippen molar-refractivity contribution in [1.82, 2.24) is 4.90 Å². The zero-order valence-corrected chi connectivity index (χ0v) is 17.7. The van der Waals surface area contributed by atoms with Crippen molar-refractivity contribution < 1.29 is 23.9 Å². The average molecular weight is 415 g/mol. The van der Waals surface area contributed by atoms with Crippen LogP contribution < -0.4 is 9.47 Å². The number of ether oxygens (including phenoxy) is 2. The Labute approximate surface area is 180 Å². The van der Waals surface area contributed by atoms with Gasteiger partial charge in [0.15, 0.2) is 23.1 Å². The fourth-order valence-electron chi connectivity index (χ4n) is 3.76. The Hall–Kier alpha value is -3.93. The maximum absolute atomic E-state index is 13.4. The van der Waals surface area contributed by atoms with Crippen LogP contribution in [0.4, 0.5) is 0 Å². The quantitative estimate of drug-likeness (QED) is 0.498. The molecule has 0 atom stereocenters. The van der Waals surface area contributed by atoms with Crippen LogP contribution in [0.2, 0.25) is 0 Å². The Morgan fingerprint density at radius 3 is 1.94 bits per heavy atom. The first-order valence-electron chi connectivity index (χ1n) is 9.73. The third-order valence-electron chi connectivity index (χ3n) is 5.34. The van der Waals surface area contributed by atoms with Gasteiger partial charge >= 0.3 is 0 Å². The Bertz CT molecular complexity index is 1240. The number of benzene rings is 3. The minimum absolute atomic E-state index is 0.118. The number of fused-ring (bicyclic) bond motifs is 2. The summed E-state index contributed by atoms with van der Waals surface area (Å²) in [5.74, 6) is 0.220. The van der Waals surface area contributed by atoms with E-state index in [9.17, 15) is 14.4 Å². The number of rotatable bonds is 4. The third-order valence-corrected chi connectivity index (χ3v) is 5.34. The van der Waals surface area contributed by atoms with Crippen molar-refractivity contribution >= 4 is 17.5 Å². The summed E-state index contributed by atoms with van der Waals surface area (Å²) in [7, 11) is 4.72. The van der Waals surface area contributed by atoms with Gasteiger partial charge in [-0.25, -0.2) is 0 Å². The highest BCUT2D eigenvalue weighted by molar-refractivity contribution is 6.31. The standard InChI is InChI=1S/C25H21NO5/c1-14-20(31-19-12-8-7-11-18(19)30-4)13-17(25(29)26(2)3)22-21(14)23(27)15-9-5-6-10-16(15)24(22)28/h5-13H,1-4H3. The summed E-state index contributed by atoms with van der Waals surface area (Å²) in [5, 5.41) is 0. The van der Waals surface area contributed by atoms with E-state index in [1.54, 1.807) is 63.5 Å². The third kappa shape index (κ3) is 3.26. The molecular weight excluding hydrogens is 394 g/mol. The van der Waals surface area contributed by atoms with E-state index in [2.05, 4.69) is 0 Å². The zero-order valence-electron chi connectivity index (χ0n) is 17.7. The second-order valence-electron chi connectivity index (χ2n) is 7.45. The topological polar surface area (TPSA) is 72.9 Å². The molecule has 1 aliphatic carbocycles. The number of hydrogen-bond donors (Lipinski definition) is 0. The molecule has 0 spiro atoms. The highest BCUT2D eigenvalue weighted by Gasteiger charge is 2.36. The van der Waals surface area contributed by atoms with Crippen molar-refractivity contribution in [2.45, 2.75) is 6.92 Å². The molecular formula is C25H21NO5. The Morgan fingerprint density at radius 2 is 1.35 bits per heavy atom. The molecule has 0 heterocycles. The first kappa shape index (κ1) is 20.3. The largest absolute Gasteiger partial charge is 0.493 e. The smallest absolute Gasteiger partial charge is 0.254 e. The van der Waals surface area contributed by atoms with E-state index in [-0.39, 0.29) is 34.2 Å². The molecule has 6 heteroatoms. The van der Waals surface area contributed by atoms with Crippen LogP contribution in [0.1, 0.15) is 47.8 Å². The van der Waals surface area contributed by atoms with Gasteiger partial charge in [-0.15, -0.1) is 0 Å². The number of methoxy groups -OCH3 is 1. The molecule has 0 unspecified atom stereocenters. The lowest BCUT2D eigenvalue weighted by atomic mass is 9.79. The van der Waals surface area contributed by atoms with Gasteiger partial charge in [0, 0.05) is 41.9 Å². The van der Waals surface area contributed by atoms with Crippen molar-refractivity contribution in [2.24, 2.45) is 0 Å². The lowest BCUT2D eigenvalue weighted by molar-refractivity contribution is 0.0821. The maximum atomic E-state index is 13.4. The Balaban J connectivity index is 1.98. The second-order valence-corrected chi connectivity index (χ2v) is 7.45. The molecule has 1 amide bonds.